The number of fused-ring (bicyclic) bond motifs is 2. The van der Waals surface area contributed by atoms with Crippen LogP contribution in [0.5, 0.6) is 11.5 Å². The van der Waals surface area contributed by atoms with Gasteiger partial charge in [-0.2, -0.15) is 21.6 Å². The quantitative estimate of drug-likeness (QED) is 0.426. The van der Waals surface area contributed by atoms with Crippen LogP contribution >= 0.6 is 0 Å². The molecule has 10 heteroatoms. The molecular weight excluding hydrogens is 437 g/mol. The monoisotopic (exact) mass is 456 g/mol. The number of halogens is 3. The largest absolute Gasteiger partial charge is 0.534 e. The predicted octanol–water partition coefficient (Wildman–Crippen LogP) is 3.91. The van der Waals surface area contributed by atoms with E-state index in [0.717, 1.165) is 24.8 Å². The van der Waals surface area contributed by atoms with Crippen molar-refractivity contribution in [3.8, 4) is 11.5 Å². The number of alkyl halides is 3. The van der Waals surface area contributed by atoms with Gasteiger partial charge in [-0.15, -0.1) is 0 Å². The fourth-order valence-corrected chi connectivity index (χ4v) is 4.27. The van der Waals surface area contributed by atoms with E-state index in [2.05, 4.69) is 4.18 Å². The minimum Gasteiger partial charge on any atom is -0.507 e. The molecule has 4 rings (SSSR count). The zero-order valence-corrected chi connectivity index (χ0v) is 17.1. The highest BCUT2D eigenvalue weighted by Crippen LogP contribution is 2.36. The summed E-state index contributed by atoms with van der Waals surface area (Å²) >= 11 is 0. The minimum absolute atomic E-state index is 0.194. The van der Waals surface area contributed by atoms with Crippen LogP contribution in [0.4, 0.5) is 13.2 Å². The zero-order chi connectivity index (χ0) is 22.8. The standard InChI is InChI=1S/C11H9F3O4S.C10H10O2/c12-11(13,14)19(16,17)18-10-8(6-15)5-4-7-2-1-3-9(7)10;11-6-8-5-4-7-2-1-3-9(7)10(8)12/h4-6H,1-3H2;4-6,12H,1-3H2. The normalized spacial score (nSPS) is 14.8. The van der Waals surface area contributed by atoms with Gasteiger partial charge in [-0.1, -0.05) is 12.1 Å². The van der Waals surface area contributed by atoms with Crippen molar-refractivity contribution in [2.75, 3.05) is 0 Å². The molecule has 0 radical (unpaired) electrons. The van der Waals surface area contributed by atoms with Gasteiger partial charge in [0.1, 0.15) is 5.75 Å². The van der Waals surface area contributed by atoms with Crippen LogP contribution in [-0.2, 0) is 35.8 Å². The number of rotatable bonds is 4. The molecular formula is C21H19F3O6S. The van der Waals surface area contributed by atoms with Crippen molar-refractivity contribution in [1.29, 1.82) is 0 Å². The summed E-state index contributed by atoms with van der Waals surface area (Å²) in [6, 6.07) is 6.48. The van der Waals surface area contributed by atoms with Gasteiger partial charge in [0.05, 0.1) is 11.1 Å². The molecule has 0 aliphatic heterocycles. The first-order valence-corrected chi connectivity index (χ1v) is 10.9. The maximum Gasteiger partial charge on any atom is 0.534 e. The van der Waals surface area contributed by atoms with E-state index in [4.69, 9.17) is 0 Å². The van der Waals surface area contributed by atoms with Crippen LogP contribution in [-0.4, -0.2) is 31.6 Å². The third-order valence-corrected chi connectivity index (χ3v) is 6.23. The average molecular weight is 456 g/mol. The molecule has 2 aromatic carbocycles. The van der Waals surface area contributed by atoms with Crippen LogP contribution in [0.15, 0.2) is 24.3 Å². The number of hydrogen-bond acceptors (Lipinski definition) is 6. The maximum absolute atomic E-state index is 12.3. The number of phenols is 1. The summed E-state index contributed by atoms with van der Waals surface area (Å²) in [7, 11) is -5.76. The second-order valence-corrected chi connectivity index (χ2v) is 8.73. The highest BCUT2D eigenvalue weighted by Gasteiger charge is 2.49. The Kier molecular flexibility index (Phi) is 6.40. The van der Waals surface area contributed by atoms with Gasteiger partial charge in [0.25, 0.3) is 0 Å². The van der Waals surface area contributed by atoms with Crippen molar-refractivity contribution < 1.29 is 40.5 Å². The molecule has 166 valence electrons. The Hall–Kier alpha value is -2.88. The average Bonchev–Trinajstić information content (AvgIpc) is 3.38. The lowest BCUT2D eigenvalue weighted by molar-refractivity contribution is -0.0500. The lowest BCUT2D eigenvalue weighted by Gasteiger charge is -2.14. The molecule has 0 saturated heterocycles. The number of carbonyl (C=O) groups excluding carboxylic acids is 2. The second kappa shape index (κ2) is 8.70. The molecule has 31 heavy (non-hydrogen) atoms. The molecule has 0 atom stereocenters. The van der Waals surface area contributed by atoms with Gasteiger partial charge in [-0.3, -0.25) is 9.59 Å². The minimum atomic E-state index is -5.76. The van der Waals surface area contributed by atoms with E-state index in [-0.39, 0.29) is 17.6 Å². The predicted molar refractivity (Wildman–Crippen MR) is 105 cm³/mol. The van der Waals surface area contributed by atoms with Crippen molar-refractivity contribution in [3.63, 3.8) is 0 Å². The van der Waals surface area contributed by atoms with Crippen LogP contribution in [0.25, 0.3) is 0 Å². The van der Waals surface area contributed by atoms with E-state index >= 15 is 0 Å². The lowest BCUT2D eigenvalue weighted by Crippen LogP contribution is -2.28. The van der Waals surface area contributed by atoms with Gasteiger partial charge < -0.3 is 9.29 Å². The molecule has 0 spiro atoms. The van der Waals surface area contributed by atoms with Crippen molar-refractivity contribution in [2.24, 2.45) is 0 Å². The Morgan fingerprint density at radius 3 is 1.90 bits per heavy atom. The van der Waals surface area contributed by atoms with E-state index < -0.39 is 21.4 Å². The third-order valence-electron chi connectivity index (χ3n) is 5.28. The highest BCUT2D eigenvalue weighted by atomic mass is 32.2. The molecule has 2 aliphatic rings. The number of aldehydes is 2. The maximum atomic E-state index is 12.3. The number of hydrogen-bond donors (Lipinski definition) is 1. The Balaban J connectivity index is 0.000000194. The Morgan fingerprint density at radius 1 is 0.839 bits per heavy atom. The fourth-order valence-electron chi connectivity index (χ4n) is 3.76. The second-order valence-electron chi connectivity index (χ2n) is 7.19. The molecule has 0 amide bonds. The first kappa shape index (κ1) is 22.8. The Labute approximate surface area is 176 Å². The Morgan fingerprint density at radius 2 is 1.35 bits per heavy atom. The van der Waals surface area contributed by atoms with Gasteiger partial charge in [-0.05, 0) is 72.9 Å². The van der Waals surface area contributed by atoms with Crippen molar-refractivity contribution >= 4 is 22.7 Å². The van der Waals surface area contributed by atoms with Gasteiger partial charge in [-0.25, -0.2) is 0 Å². The molecule has 1 N–H and O–H groups in total. The van der Waals surface area contributed by atoms with Gasteiger partial charge in [0.2, 0.25) is 0 Å². The molecule has 2 aromatic rings. The Bertz CT molecular complexity index is 1120. The van der Waals surface area contributed by atoms with Gasteiger partial charge >= 0.3 is 15.6 Å². The number of aryl methyl sites for hydroxylation is 2. The van der Waals surface area contributed by atoms with Gasteiger partial charge in [0, 0.05) is 0 Å². The highest BCUT2D eigenvalue weighted by molar-refractivity contribution is 7.88. The summed E-state index contributed by atoms with van der Waals surface area (Å²) in [6.07, 6.45) is 5.69. The fraction of sp³-hybridized carbons (Fsp3) is 0.333. The van der Waals surface area contributed by atoms with Gasteiger partial charge in [0.15, 0.2) is 18.3 Å². The van der Waals surface area contributed by atoms with E-state index in [9.17, 15) is 36.3 Å². The first-order chi connectivity index (χ1) is 14.6. The van der Waals surface area contributed by atoms with E-state index in [1.165, 1.54) is 11.6 Å². The molecule has 0 heterocycles. The summed E-state index contributed by atoms with van der Waals surface area (Å²) in [6.45, 7) is 0. The van der Waals surface area contributed by atoms with Crippen LogP contribution < -0.4 is 4.18 Å². The molecule has 0 aromatic heterocycles. The van der Waals surface area contributed by atoms with Crippen LogP contribution in [0.1, 0.15) is 55.8 Å². The number of carbonyl (C=O) groups is 2. The molecule has 0 saturated carbocycles. The van der Waals surface area contributed by atoms with E-state index in [1.54, 1.807) is 12.1 Å². The summed E-state index contributed by atoms with van der Waals surface area (Å²) in [4.78, 5) is 21.3. The summed E-state index contributed by atoms with van der Waals surface area (Å²) < 4.78 is 63.1. The van der Waals surface area contributed by atoms with Crippen molar-refractivity contribution in [2.45, 2.75) is 44.0 Å². The number of aromatic hydroxyl groups is 1. The molecule has 6 nitrogen and oxygen atoms in total. The van der Waals surface area contributed by atoms with Crippen molar-refractivity contribution in [1.82, 2.24) is 0 Å². The van der Waals surface area contributed by atoms with Crippen LogP contribution in [0, 0.1) is 0 Å². The summed E-state index contributed by atoms with van der Waals surface area (Å²) in [5, 5.41) is 9.58. The summed E-state index contributed by atoms with van der Waals surface area (Å²) in [5.41, 5.74) is -2.08. The number of phenolic OH excluding ortho intramolecular Hbond substituents is 1. The zero-order valence-electron chi connectivity index (χ0n) is 16.2. The topological polar surface area (TPSA) is 97.7 Å². The summed E-state index contributed by atoms with van der Waals surface area (Å²) in [5.74, 6) is -0.303. The van der Waals surface area contributed by atoms with Crippen LogP contribution in [0.3, 0.4) is 0 Å². The first-order valence-electron chi connectivity index (χ1n) is 9.48. The molecule has 0 bridgehead atoms. The smallest absolute Gasteiger partial charge is 0.507 e. The SMILES string of the molecule is O=Cc1ccc2c(c1O)CCC2.O=Cc1ccc2c(c1OS(=O)(=O)C(F)(F)F)CCC2. The third kappa shape index (κ3) is 4.58. The molecule has 0 fully saturated rings. The molecule has 0 unspecified atom stereocenters. The van der Waals surface area contributed by atoms with E-state index in [1.807, 2.05) is 6.07 Å². The molecule has 2 aliphatic carbocycles. The van der Waals surface area contributed by atoms with E-state index in [0.29, 0.717) is 42.2 Å². The van der Waals surface area contributed by atoms with Crippen LogP contribution in [0.2, 0.25) is 0 Å². The lowest BCUT2D eigenvalue weighted by atomic mass is 10.1. The van der Waals surface area contributed by atoms with Crippen molar-refractivity contribution in [3.05, 3.63) is 57.6 Å². The number of benzene rings is 2.